The first-order valence-electron chi connectivity index (χ1n) is 10.7. The van der Waals surface area contributed by atoms with Crippen LogP contribution in [0.5, 0.6) is 0 Å². The van der Waals surface area contributed by atoms with Gasteiger partial charge in [0.1, 0.15) is 0 Å². The molecule has 0 aliphatic heterocycles. The smallest absolute Gasteiger partial charge is 0.0471 e. The maximum atomic E-state index is 2.25. The molecule has 22 heavy (non-hydrogen) atoms. The van der Waals surface area contributed by atoms with Gasteiger partial charge in [-0.25, -0.2) is 0 Å². The van der Waals surface area contributed by atoms with E-state index in [0.29, 0.717) is 0 Å². The molecule has 0 aromatic heterocycles. The molecule has 0 radical (unpaired) electrons. The Balaban J connectivity index is -0.0000000182. The summed E-state index contributed by atoms with van der Waals surface area (Å²) in [5.74, 6) is 0.898. The van der Waals surface area contributed by atoms with Crippen LogP contribution in [0.25, 0.3) is 0 Å². The summed E-state index contributed by atoms with van der Waals surface area (Å²) in [6.45, 7) is 35.1. The van der Waals surface area contributed by atoms with E-state index in [1.54, 1.807) is 0 Å². The molecule has 0 fully saturated rings. The zero-order valence-electron chi connectivity index (χ0n) is 20.4. The van der Waals surface area contributed by atoms with Crippen molar-refractivity contribution in [1.82, 2.24) is 0 Å². The molecule has 0 spiro atoms. The van der Waals surface area contributed by atoms with Crippen LogP contribution in [-0.4, -0.2) is 0 Å². The molecule has 0 N–H and O–H groups in total. The monoisotopic (exact) mass is 324 g/mol. The van der Waals surface area contributed by atoms with Crippen LogP contribution in [0.15, 0.2) is 0 Å². The third-order valence-corrected chi connectivity index (χ3v) is 1.37. The van der Waals surface area contributed by atoms with Crippen molar-refractivity contribution in [2.75, 3.05) is 0 Å². The fraction of sp³-hybridized carbons (Fsp3) is 1.00. The summed E-state index contributed by atoms with van der Waals surface area (Å²) in [4.78, 5) is 0. The van der Waals surface area contributed by atoms with Crippen LogP contribution in [0.2, 0.25) is 0 Å². The minimum Gasteiger partial charge on any atom is -0.0683 e. The molecule has 0 amide bonds. The first-order chi connectivity index (χ1) is 10.7. The molecule has 0 heteroatoms. The zero-order chi connectivity index (χ0) is 20.4. The minimum absolute atomic E-state index is 0.898. The Labute approximate surface area is 149 Å². The van der Waals surface area contributed by atoms with Gasteiger partial charge < -0.3 is 0 Å². The van der Waals surface area contributed by atoms with Crippen LogP contribution < -0.4 is 0 Å². The Bertz CT molecular complexity index is 35.3. The largest absolute Gasteiger partial charge is 0.0683 e. The van der Waals surface area contributed by atoms with Crippen LogP contribution >= 0.6 is 0 Å². The summed E-state index contributed by atoms with van der Waals surface area (Å²) in [5, 5.41) is 0. The molecule has 0 aliphatic rings. The second-order valence-electron chi connectivity index (χ2n) is 3.18. The fourth-order valence-corrected chi connectivity index (χ4v) is 0.577. The van der Waals surface area contributed by atoms with E-state index in [0.717, 1.165) is 5.92 Å². The van der Waals surface area contributed by atoms with Gasteiger partial charge in [-0.1, -0.05) is 143 Å². The van der Waals surface area contributed by atoms with E-state index in [9.17, 15) is 0 Å². The van der Waals surface area contributed by atoms with Crippen molar-refractivity contribution in [3.63, 3.8) is 0 Å². The van der Waals surface area contributed by atoms with Gasteiger partial charge in [0.05, 0.1) is 0 Å². The van der Waals surface area contributed by atoms with Crippen molar-refractivity contribution in [3.05, 3.63) is 0 Å². The number of hydrogen-bond acceptors (Lipinski definition) is 0. The van der Waals surface area contributed by atoms with Crippen LogP contribution in [0.3, 0.4) is 0 Å². The van der Waals surface area contributed by atoms with Gasteiger partial charge in [0.2, 0.25) is 0 Å². The summed E-state index contributed by atoms with van der Waals surface area (Å²) in [5.41, 5.74) is 0. The maximum Gasteiger partial charge on any atom is -0.0471 e. The molecule has 0 saturated heterocycles. The fourth-order valence-electron chi connectivity index (χ4n) is 0.577. The molecule has 0 aromatic rings. The van der Waals surface area contributed by atoms with Crippen molar-refractivity contribution in [2.45, 2.75) is 143 Å². The van der Waals surface area contributed by atoms with Crippen LogP contribution in [0.4, 0.5) is 0 Å². The van der Waals surface area contributed by atoms with Gasteiger partial charge in [0.25, 0.3) is 0 Å². The van der Waals surface area contributed by atoms with Crippen LogP contribution in [0, 0.1) is 5.92 Å². The van der Waals surface area contributed by atoms with Crippen molar-refractivity contribution in [2.24, 2.45) is 5.92 Å². The number of unbranched alkanes of at least 4 members (excludes halogenated alkanes) is 1. The highest BCUT2D eigenvalue weighted by atomic mass is 13.9. The predicted octanol–water partition coefficient (Wildman–Crippen LogP) is 10.4. The lowest BCUT2D eigenvalue weighted by molar-refractivity contribution is 0.576. The molecule has 0 heterocycles. The summed E-state index contributed by atoms with van der Waals surface area (Å²) < 4.78 is 0. The topological polar surface area (TPSA) is 0 Å². The summed E-state index contributed by atoms with van der Waals surface area (Å²) >= 11 is 0. The highest BCUT2D eigenvalue weighted by Crippen LogP contribution is 2.00. The van der Waals surface area contributed by atoms with Gasteiger partial charge in [-0.3, -0.25) is 0 Å². The Morgan fingerprint density at radius 1 is 0.409 bits per heavy atom. The Kier molecular flexibility index (Phi) is 386. The zero-order valence-corrected chi connectivity index (χ0v) is 20.4. The van der Waals surface area contributed by atoms with Gasteiger partial charge >= 0.3 is 0 Å². The van der Waals surface area contributed by atoms with Crippen molar-refractivity contribution in [3.8, 4) is 0 Å². The second-order valence-corrected chi connectivity index (χ2v) is 3.18. The van der Waals surface area contributed by atoms with E-state index in [-0.39, 0.29) is 0 Å². The average Bonchev–Trinajstić information content (AvgIpc) is 2.65. The SMILES string of the molecule is CC.CC.CC.CC.CC.CC.CCCC.CCCC(C)C. The minimum atomic E-state index is 0.898. The summed E-state index contributed by atoms with van der Waals surface area (Å²) in [6, 6.07) is 0. The van der Waals surface area contributed by atoms with E-state index >= 15 is 0 Å². The molecule has 0 rings (SSSR count). The first kappa shape index (κ1) is 49.5. The lowest BCUT2D eigenvalue weighted by Crippen LogP contribution is -1.81. The Morgan fingerprint density at radius 3 is 0.591 bits per heavy atom. The summed E-state index contributed by atoms with van der Waals surface area (Å²) in [6.07, 6.45) is 5.34. The molecule has 0 bridgehead atoms. The van der Waals surface area contributed by atoms with Gasteiger partial charge in [0, 0.05) is 0 Å². The molecular formula is C22H60. The van der Waals surface area contributed by atoms with E-state index in [2.05, 4.69) is 34.6 Å². The van der Waals surface area contributed by atoms with Gasteiger partial charge in [-0.05, 0) is 5.92 Å². The van der Waals surface area contributed by atoms with E-state index in [4.69, 9.17) is 0 Å². The molecule has 0 unspecified atom stereocenters. The van der Waals surface area contributed by atoms with Gasteiger partial charge in [0.15, 0.2) is 0 Å². The average molecular weight is 325 g/mol. The molecule has 0 aliphatic carbocycles. The van der Waals surface area contributed by atoms with Crippen molar-refractivity contribution in [1.29, 1.82) is 0 Å². The van der Waals surface area contributed by atoms with E-state index in [1.165, 1.54) is 25.7 Å². The normalized spacial score (nSPS) is 5.73. The Morgan fingerprint density at radius 2 is 0.591 bits per heavy atom. The van der Waals surface area contributed by atoms with Gasteiger partial charge in [-0.15, -0.1) is 0 Å². The molecule has 0 aromatic carbocycles. The first-order valence-corrected chi connectivity index (χ1v) is 10.7. The van der Waals surface area contributed by atoms with E-state index < -0.39 is 0 Å². The molecule has 148 valence electrons. The second kappa shape index (κ2) is 171. The lowest BCUT2D eigenvalue weighted by atomic mass is 10.1. The summed E-state index contributed by atoms with van der Waals surface area (Å²) in [7, 11) is 0. The third kappa shape index (κ3) is 451. The highest BCUT2D eigenvalue weighted by molar-refractivity contribution is 4.38. The number of rotatable bonds is 3. The Hall–Kier alpha value is 0. The van der Waals surface area contributed by atoms with Crippen LogP contribution in [-0.2, 0) is 0 Å². The molecule has 0 nitrogen and oxygen atoms in total. The highest BCUT2D eigenvalue weighted by Gasteiger charge is 1.85. The van der Waals surface area contributed by atoms with Crippen LogP contribution in [0.1, 0.15) is 143 Å². The molecule has 0 saturated carbocycles. The maximum absolute atomic E-state index is 2.25. The molecule has 0 atom stereocenters. The number of hydrogen-bond donors (Lipinski definition) is 0. The quantitative estimate of drug-likeness (QED) is 0.484. The van der Waals surface area contributed by atoms with Gasteiger partial charge in [-0.2, -0.15) is 0 Å². The third-order valence-electron chi connectivity index (χ3n) is 1.37. The van der Waals surface area contributed by atoms with Crippen molar-refractivity contribution < 1.29 is 0 Å². The molecular weight excluding hydrogens is 264 g/mol. The standard InChI is InChI=1S/C6H14.C4H10.6C2H6/c1-4-5-6(2)3;1-3-4-2;6*1-2/h6H,4-5H2,1-3H3;3-4H2,1-2H3;6*1-2H3. The predicted molar refractivity (Wildman–Crippen MR) is 118 cm³/mol. The van der Waals surface area contributed by atoms with Crippen molar-refractivity contribution >= 4 is 0 Å². The van der Waals surface area contributed by atoms with E-state index in [1.807, 2.05) is 83.1 Å². The lowest BCUT2D eigenvalue weighted by Gasteiger charge is -1.95.